The molecule has 0 bridgehead atoms. The summed E-state index contributed by atoms with van der Waals surface area (Å²) < 4.78 is 23.6. The van der Waals surface area contributed by atoms with Gasteiger partial charge < -0.3 is 9.27 Å². The fourth-order valence-electron chi connectivity index (χ4n) is 2.02. The summed E-state index contributed by atoms with van der Waals surface area (Å²) in [6.45, 7) is 0. The SMILES string of the molecule is O=CC(c1ccc(-c2cc(NS(=O)[O-])ccc2Cl)cc1)[N+](=O)[O-]. The Labute approximate surface area is 138 Å². The van der Waals surface area contributed by atoms with Crippen molar-refractivity contribution in [3.8, 4) is 11.1 Å². The first-order chi connectivity index (χ1) is 10.9. The normalized spacial score (nSPS) is 13.1. The van der Waals surface area contributed by atoms with E-state index in [1.54, 1.807) is 12.1 Å². The Hall–Kier alpha value is -2.29. The molecule has 0 heterocycles. The minimum Gasteiger partial charge on any atom is -0.755 e. The number of carbonyl (C=O) groups excluding carboxylic acids is 1. The lowest BCUT2D eigenvalue weighted by molar-refractivity contribution is -0.511. The van der Waals surface area contributed by atoms with E-state index in [9.17, 15) is 23.7 Å². The van der Waals surface area contributed by atoms with Gasteiger partial charge in [0, 0.05) is 38.0 Å². The Morgan fingerprint density at radius 3 is 2.39 bits per heavy atom. The summed E-state index contributed by atoms with van der Waals surface area (Å²) in [6, 6.07) is 9.23. The fourth-order valence-corrected chi connectivity index (χ4v) is 2.56. The smallest absolute Gasteiger partial charge is 0.292 e. The van der Waals surface area contributed by atoms with Crippen molar-refractivity contribution in [3.63, 3.8) is 0 Å². The highest BCUT2D eigenvalue weighted by atomic mass is 35.5. The van der Waals surface area contributed by atoms with Gasteiger partial charge in [0.05, 0.1) is 0 Å². The molecule has 2 unspecified atom stereocenters. The molecule has 0 spiro atoms. The second-order valence-electron chi connectivity index (χ2n) is 4.52. The Balaban J connectivity index is 2.37. The first kappa shape index (κ1) is 17.1. The van der Waals surface area contributed by atoms with Gasteiger partial charge >= 0.3 is 0 Å². The highest BCUT2D eigenvalue weighted by Gasteiger charge is 2.21. The van der Waals surface area contributed by atoms with E-state index >= 15 is 0 Å². The number of benzene rings is 2. The van der Waals surface area contributed by atoms with Crippen LogP contribution in [0.15, 0.2) is 42.5 Å². The van der Waals surface area contributed by atoms with Crippen molar-refractivity contribution < 1.29 is 18.5 Å². The van der Waals surface area contributed by atoms with Crippen molar-refractivity contribution in [2.75, 3.05) is 4.72 Å². The van der Waals surface area contributed by atoms with Crippen LogP contribution in [0, 0.1) is 10.1 Å². The molecule has 2 aromatic carbocycles. The van der Waals surface area contributed by atoms with Crippen LogP contribution in [0.2, 0.25) is 5.02 Å². The van der Waals surface area contributed by atoms with Crippen LogP contribution in [0.1, 0.15) is 11.6 Å². The molecule has 0 aliphatic heterocycles. The number of anilines is 1. The largest absolute Gasteiger partial charge is 0.755 e. The molecule has 0 aliphatic rings. The quantitative estimate of drug-likeness (QED) is 0.371. The molecule has 2 atom stereocenters. The van der Waals surface area contributed by atoms with Crippen LogP contribution in [0.3, 0.4) is 0 Å². The zero-order valence-electron chi connectivity index (χ0n) is 11.5. The summed E-state index contributed by atoms with van der Waals surface area (Å²) in [5.41, 5.74) is 1.77. The van der Waals surface area contributed by atoms with Crippen molar-refractivity contribution in [3.05, 3.63) is 63.2 Å². The van der Waals surface area contributed by atoms with E-state index in [2.05, 4.69) is 4.72 Å². The van der Waals surface area contributed by atoms with Gasteiger partial charge in [-0.05, 0) is 23.8 Å². The lowest BCUT2D eigenvalue weighted by Crippen LogP contribution is -2.11. The van der Waals surface area contributed by atoms with Gasteiger partial charge in [-0.3, -0.25) is 19.1 Å². The molecule has 0 aromatic heterocycles. The van der Waals surface area contributed by atoms with Crippen molar-refractivity contribution >= 4 is 34.8 Å². The summed E-state index contributed by atoms with van der Waals surface area (Å²) in [5.74, 6) is 0. The summed E-state index contributed by atoms with van der Waals surface area (Å²) in [6.07, 6.45) is 0.260. The summed E-state index contributed by atoms with van der Waals surface area (Å²) in [4.78, 5) is 20.9. The Morgan fingerprint density at radius 2 is 1.87 bits per heavy atom. The first-order valence-corrected chi connectivity index (χ1v) is 7.72. The van der Waals surface area contributed by atoms with E-state index in [1.807, 2.05) is 0 Å². The molecule has 0 aliphatic carbocycles. The summed E-state index contributed by atoms with van der Waals surface area (Å²) in [5, 5.41) is 11.2. The van der Waals surface area contributed by atoms with Gasteiger partial charge in [0.1, 0.15) is 0 Å². The van der Waals surface area contributed by atoms with Crippen LogP contribution >= 0.6 is 11.6 Å². The highest BCUT2D eigenvalue weighted by Crippen LogP contribution is 2.31. The number of nitrogens with zero attached hydrogens (tertiary/aromatic N) is 1. The van der Waals surface area contributed by atoms with Crippen molar-refractivity contribution in [2.45, 2.75) is 6.04 Å². The maximum atomic E-state index is 10.8. The van der Waals surface area contributed by atoms with Gasteiger partial charge in [-0.2, -0.15) is 0 Å². The predicted octanol–water partition coefficient (Wildman–Crippen LogP) is 2.73. The molecule has 23 heavy (non-hydrogen) atoms. The molecule has 7 nitrogen and oxygen atoms in total. The molecular weight excluding hydrogens is 344 g/mol. The van der Waals surface area contributed by atoms with Crippen LogP contribution in [0.5, 0.6) is 0 Å². The van der Waals surface area contributed by atoms with Crippen LogP contribution in [-0.4, -0.2) is 20.0 Å². The molecule has 0 saturated carbocycles. The van der Waals surface area contributed by atoms with Crippen LogP contribution in [-0.2, 0) is 16.1 Å². The number of aldehydes is 1. The predicted molar refractivity (Wildman–Crippen MR) is 85.2 cm³/mol. The van der Waals surface area contributed by atoms with E-state index in [4.69, 9.17) is 11.6 Å². The number of nitro groups is 1. The molecule has 1 N–H and O–H groups in total. The zero-order chi connectivity index (χ0) is 17.0. The number of hydrogen-bond acceptors (Lipinski definition) is 5. The molecular formula is C14H10ClN2O5S-. The number of carbonyl (C=O) groups is 1. The van der Waals surface area contributed by atoms with Crippen LogP contribution in [0.25, 0.3) is 11.1 Å². The zero-order valence-corrected chi connectivity index (χ0v) is 13.0. The molecule has 120 valence electrons. The van der Waals surface area contributed by atoms with Gasteiger partial charge in [0.25, 0.3) is 6.04 Å². The van der Waals surface area contributed by atoms with Gasteiger partial charge in [0.2, 0.25) is 0 Å². The molecule has 0 saturated heterocycles. The maximum Gasteiger partial charge on any atom is 0.292 e. The molecule has 2 rings (SSSR count). The van der Waals surface area contributed by atoms with Crippen molar-refractivity contribution in [1.29, 1.82) is 0 Å². The van der Waals surface area contributed by atoms with E-state index in [-0.39, 0.29) is 11.8 Å². The monoisotopic (exact) mass is 353 g/mol. The lowest BCUT2D eigenvalue weighted by atomic mass is 10.0. The van der Waals surface area contributed by atoms with E-state index in [1.165, 1.54) is 30.3 Å². The van der Waals surface area contributed by atoms with Gasteiger partial charge in [-0.1, -0.05) is 35.9 Å². The molecule has 2 aromatic rings. The number of nitrogens with one attached hydrogen (secondary N) is 1. The maximum absolute atomic E-state index is 10.8. The minimum absolute atomic E-state index is 0.250. The molecule has 0 fully saturated rings. The highest BCUT2D eigenvalue weighted by molar-refractivity contribution is 7.80. The number of hydrogen-bond donors (Lipinski definition) is 1. The lowest BCUT2D eigenvalue weighted by Gasteiger charge is -2.12. The third-order valence-electron chi connectivity index (χ3n) is 3.09. The third-order valence-corrected chi connectivity index (χ3v) is 3.82. The van der Waals surface area contributed by atoms with E-state index in [0.29, 0.717) is 21.8 Å². The Bertz CT molecular complexity index is 766. The molecule has 9 heteroatoms. The Kier molecular flexibility index (Phi) is 5.43. The van der Waals surface area contributed by atoms with Crippen LogP contribution in [0.4, 0.5) is 5.69 Å². The standard InChI is InChI=1S/C14H11ClN2O5S/c15-13-6-5-11(16-23(21)22)7-12(13)9-1-3-10(4-2-9)14(8-18)17(19)20/h1-8,14,16H,(H,21,22)/p-1. The second kappa shape index (κ2) is 7.32. The van der Waals surface area contributed by atoms with Crippen molar-refractivity contribution in [2.24, 2.45) is 0 Å². The topological polar surface area (TPSA) is 112 Å². The molecule has 0 amide bonds. The van der Waals surface area contributed by atoms with Gasteiger partial charge in [0.15, 0.2) is 6.29 Å². The number of halogens is 1. The number of rotatable bonds is 6. The first-order valence-electron chi connectivity index (χ1n) is 6.27. The summed E-state index contributed by atoms with van der Waals surface area (Å²) >= 11 is 3.64. The fraction of sp³-hybridized carbons (Fsp3) is 0.0714. The van der Waals surface area contributed by atoms with E-state index in [0.717, 1.165) is 0 Å². The van der Waals surface area contributed by atoms with E-state index < -0.39 is 22.2 Å². The van der Waals surface area contributed by atoms with Gasteiger partial charge in [-0.15, -0.1) is 0 Å². The minimum atomic E-state index is -2.46. The molecule has 0 radical (unpaired) electrons. The third kappa shape index (κ3) is 4.13. The Morgan fingerprint density at radius 1 is 1.22 bits per heavy atom. The van der Waals surface area contributed by atoms with Crippen LogP contribution < -0.4 is 4.72 Å². The average molecular weight is 354 g/mol. The second-order valence-corrected chi connectivity index (χ2v) is 5.60. The van der Waals surface area contributed by atoms with Gasteiger partial charge in [-0.25, -0.2) is 0 Å². The van der Waals surface area contributed by atoms with Crippen molar-refractivity contribution in [1.82, 2.24) is 0 Å². The summed E-state index contributed by atoms with van der Waals surface area (Å²) in [7, 11) is 0. The average Bonchev–Trinajstić information content (AvgIpc) is 2.50.